The molecule has 0 fully saturated rings. The van der Waals surface area contributed by atoms with Crippen molar-refractivity contribution >= 4 is 10.9 Å². The van der Waals surface area contributed by atoms with Crippen LogP contribution in [0, 0.1) is 6.92 Å². The van der Waals surface area contributed by atoms with E-state index < -0.39 is 0 Å². The summed E-state index contributed by atoms with van der Waals surface area (Å²) in [5.74, 6) is 0.902. The lowest BCUT2D eigenvalue weighted by molar-refractivity contribution is 0.306. The van der Waals surface area contributed by atoms with E-state index in [0.717, 1.165) is 12.3 Å². The van der Waals surface area contributed by atoms with Gasteiger partial charge in [-0.1, -0.05) is 35.9 Å². The van der Waals surface area contributed by atoms with Gasteiger partial charge in [-0.05, 0) is 36.8 Å². The van der Waals surface area contributed by atoms with Crippen LogP contribution >= 0.6 is 0 Å². The molecule has 0 aliphatic rings. The Kier molecular flexibility index (Phi) is 3.78. The molecule has 1 heterocycles. The van der Waals surface area contributed by atoms with Gasteiger partial charge in [-0.3, -0.25) is 0 Å². The van der Waals surface area contributed by atoms with Gasteiger partial charge in [0.15, 0.2) is 0 Å². The van der Waals surface area contributed by atoms with Gasteiger partial charge in [0, 0.05) is 23.6 Å². The van der Waals surface area contributed by atoms with Crippen molar-refractivity contribution in [3.63, 3.8) is 0 Å². The van der Waals surface area contributed by atoms with Crippen LogP contribution in [0.3, 0.4) is 0 Å². The summed E-state index contributed by atoms with van der Waals surface area (Å²) >= 11 is 0. The molecule has 0 atom stereocenters. The largest absolute Gasteiger partial charge is 0.489 e. The van der Waals surface area contributed by atoms with Gasteiger partial charge in [0.25, 0.3) is 0 Å². The maximum atomic E-state index is 5.88. The van der Waals surface area contributed by atoms with Crippen molar-refractivity contribution in [2.75, 3.05) is 0 Å². The van der Waals surface area contributed by atoms with Gasteiger partial charge in [0.2, 0.25) is 0 Å². The van der Waals surface area contributed by atoms with Crippen LogP contribution in [0.4, 0.5) is 0 Å². The fraction of sp³-hybridized carbons (Fsp3) is 0.158. The minimum atomic E-state index is 0.596. The van der Waals surface area contributed by atoms with Crippen molar-refractivity contribution in [1.29, 1.82) is 0 Å². The molecule has 0 amide bonds. The van der Waals surface area contributed by atoms with Crippen molar-refractivity contribution in [1.82, 2.24) is 4.57 Å². The Labute approximate surface area is 125 Å². The molecule has 0 radical (unpaired) electrons. The molecule has 0 spiro atoms. The number of aryl methyl sites for hydroxylation is 1. The fourth-order valence-corrected chi connectivity index (χ4v) is 2.42. The Morgan fingerprint density at radius 2 is 1.90 bits per heavy atom. The van der Waals surface area contributed by atoms with Gasteiger partial charge in [0.1, 0.15) is 12.4 Å². The summed E-state index contributed by atoms with van der Waals surface area (Å²) in [6.07, 6.45) is 3.98. The van der Waals surface area contributed by atoms with Gasteiger partial charge < -0.3 is 9.30 Å². The maximum absolute atomic E-state index is 5.88. The standard InChI is InChI=1S/C19H19NO/c1-3-11-20-12-10-17-13-18(8-9-19(17)20)21-14-16-6-4-15(2)5-7-16/h3-10,12-13H,1,11,14H2,2H3. The fourth-order valence-electron chi connectivity index (χ4n) is 2.42. The minimum Gasteiger partial charge on any atom is -0.489 e. The summed E-state index contributed by atoms with van der Waals surface area (Å²) in [7, 11) is 0. The van der Waals surface area contributed by atoms with Gasteiger partial charge >= 0.3 is 0 Å². The molecule has 0 unspecified atom stereocenters. The number of rotatable bonds is 5. The number of allylic oxidation sites excluding steroid dienone is 1. The molecular formula is C19H19NO. The first kappa shape index (κ1) is 13.5. The molecule has 2 aromatic carbocycles. The van der Waals surface area contributed by atoms with E-state index in [9.17, 15) is 0 Å². The van der Waals surface area contributed by atoms with Gasteiger partial charge in [0.05, 0.1) is 0 Å². The predicted octanol–water partition coefficient (Wildman–Crippen LogP) is 4.71. The normalized spacial score (nSPS) is 10.7. The molecule has 0 saturated carbocycles. The first-order valence-electron chi connectivity index (χ1n) is 7.14. The number of nitrogens with zero attached hydrogens (tertiary/aromatic N) is 1. The highest BCUT2D eigenvalue weighted by Crippen LogP contribution is 2.23. The number of hydrogen-bond donors (Lipinski definition) is 0. The topological polar surface area (TPSA) is 14.2 Å². The van der Waals surface area contributed by atoms with Crippen LogP contribution in [0.5, 0.6) is 5.75 Å². The molecule has 2 heteroatoms. The summed E-state index contributed by atoms with van der Waals surface area (Å²) in [6.45, 7) is 7.30. The van der Waals surface area contributed by atoms with Crippen molar-refractivity contribution in [2.45, 2.75) is 20.1 Å². The molecular weight excluding hydrogens is 258 g/mol. The lowest BCUT2D eigenvalue weighted by Crippen LogP contribution is -1.96. The average Bonchev–Trinajstić information content (AvgIpc) is 2.90. The third-order valence-corrected chi connectivity index (χ3v) is 3.59. The van der Waals surface area contributed by atoms with Crippen LogP contribution < -0.4 is 4.74 Å². The highest BCUT2D eigenvalue weighted by Gasteiger charge is 2.02. The molecule has 0 aliphatic carbocycles. The van der Waals surface area contributed by atoms with E-state index >= 15 is 0 Å². The maximum Gasteiger partial charge on any atom is 0.120 e. The molecule has 2 nitrogen and oxygen atoms in total. The summed E-state index contributed by atoms with van der Waals surface area (Å²) in [4.78, 5) is 0. The van der Waals surface area contributed by atoms with E-state index in [1.807, 2.05) is 12.1 Å². The Morgan fingerprint density at radius 1 is 1.10 bits per heavy atom. The molecule has 0 aliphatic heterocycles. The average molecular weight is 277 g/mol. The lowest BCUT2D eigenvalue weighted by atomic mass is 10.2. The molecule has 3 rings (SSSR count). The van der Waals surface area contributed by atoms with Crippen molar-refractivity contribution in [2.24, 2.45) is 0 Å². The minimum absolute atomic E-state index is 0.596. The zero-order valence-electron chi connectivity index (χ0n) is 12.3. The summed E-state index contributed by atoms with van der Waals surface area (Å²) < 4.78 is 8.05. The summed E-state index contributed by atoms with van der Waals surface area (Å²) in [5, 5.41) is 1.19. The Balaban J connectivity index is 1.75. The number of fused-ring (bicyclic) bond motifs is 1. The quantitative estimate of drug-likeness (QED) is 0.616. The number of benzene rings is 2. The zero-order chi connectivity index (χ0) is 14.7. The molecule has 21 heavy (non-hydrogen) atoms. The van der Waals surface area contributed by atoms with Crippen LogP contribution in [0.15, 0.2) is 67.4 Å². The second kappa shape index (κ2) is 5.88. The highest BCUT2D eigenvalue weighted by molar-refractivity contribution is 5.81. The van der Waals surface area contributed by atoms with Gasteiger partial charge in [-0.25, -0.2) is 0 Å². The highest BCUT2D eigenvalue weighted by atomic mass is 16.5. The van der Waals surface area contributed by atoms with Gasteiger partial charge in [-0.15, -0.1) is 6.58 Å². The van der Waals surface area contributed by atoms with Crippen LogP contribution in [0.2, 0.25) is 0 Å². The third-order valence-electron chi connectivity index (χ3n) is 3.59. The molecule has 106 valence electrons. The van der Waals surface area contributed by atoms with Crippen LogP contribution in [0.1, 0.15) is 11.1 Å². The number of aromatic nitrogens is 1. The number of ether oxygens (including phenoxy) is 1. The smallest absolute Gasteiger partial charge is 0.120 e. The second-order valence-corrected chi connectivity index (χ2v) is 5.25. The van der Waals surface area contributed by atoms with E-state index in [2.05, 4.69) is 66.7 Å². The zero-order valence-corrected chi connectivity index (χ0v) is 12.3. The van der Waals surface area contributed by atoms with Crippen LogP contribution in [-0.4, -0.2) is 4.57 Å². The van der Waals surface area contributed by atoms with Crippen molar-refractivity contribution in [3.8, 4) is 5.75 Å². The van der Waals surface area contributed by atoms with Crippen LogP contribution in [-0.2, 0) is 13.2 Å². The molecule has 3 aromatic rings. The van der Waals surface area contributed by atoms with E-state index in [0.29, 0.717) is 6.61 Å². The number of hydrogen-bond acceptors (Lipinski definition) is 1. The molecule has 0 saturated heterocycles. The van der Waals surface area contributed by atoms with Gasteiger partial charge in [-0.2, -0.15) is 0 Å². The van der Waals surface area contributed by atoms with E-state index in [1.54, 1.807) is 0 Å². The third kappa shape index (κ3) is 3.00. The lowest BCUT2D eigenvalue weighted by Gasteiger charge is -2.07. The van der Waals surface area contributed by atoms with Crippen LogP contribution in [0.25, 0.3) is 10.9 Å². The Hall–Kier alpha value is -2.48. The monoisotopic (exact) mass is 277 g/mol. The van der Waals surface area contributed by atoms with Crippen molar-refractivity contribution in [3.05, 3.63) is 78.5 Å². The second-order valence-electron chi connectivity index (χ2n) is 5.25. The predicted molar refractivity (Wildman–Crippen MR) is 87.6 cm³/mol. The van der Waals surface area contributed by atoms with E-state index in [1.165, 1.54) is 22.0 Å². The SMILES string of the molecule is C=CCn1ccc2cc(OCc3ccc(C)cc3)ccc21. The molecule has 0 N–H and O–H groups in total. The molecule has 1 aromatic heterocycles. The van der Waals surface area contributed by atoms with Crippen molar-refractivity contribution < 1.29 is 4.74 Å². The first-order chi connectivity index (χ1) is 10.3. The summed E-state index contributed by atoms with van der Waals surface area (Å²) in [5.41, 5.74) is 3.66. The first-order valence-corrected chi connectivity index (χ1v) is 7.14. The Morgan fingerprint density at radius 3 is 2.67 bits per heavy atom. The van der Waals surface area contributed by atoms with E-state index in [4.69, 9.17) is 4.74 Å². The van der Waals surface area contributed by atoms with E-state index in [-0.39, 0.29) is 0 Å². The summed E-state index contributed by atoms with van der Waals surface area (Å²) in [6, 6.07) is 16.7. The Bertz CT molecular complexity index is 753. The molecule has 0 bridgehead atoms.